The van der Waals surface area contributed by atoms with Crippen molar-refractivity contribution in [1.29, 1.82) is 0 Å². The van der Waals surface area contributed by atoms with E-state index in [1.807, 2.05) is 0 Å². The summed E-state index contributed by atoms with van der Waals surface area (Å²) in [5, 5.41) is 0. The number of nitrogens with zero attached hydrogens (tertiary/aromatic N) is 1. The highest BCUT2D eigenvalue weighted by molar-refractivity contribution is 5.96. The average Bonchev–Trinajstić information content (AvgIpc) is 3.71. The molecule has 1 nitrogen and oxygen atoms in total. The van der Waals surface area contributed by atoms with Gasteiger partial charge in [-0.15, -0.1) is 0 Å². The zero-order valence-corrected chi connectivity index (χ0v) is 35.2. The lowest BCUT2D eigenvalue weighted by Crippen LogP contribution is -2.22. The predicted molar refractivity (Wildman–Crippen MR) is 257 cm³/mol. The monoisotopic (exact) mass is 781 g/mol. The highest BCUT2D eigenvalue weighted by atomic mass is 15.1. The minimum atomic E-state index is -0.321. The Balaban J connectivity index is 1.07. The number of rotatable bonds is 7. The van der Waals surface area contributed by atoms with Crippen molar-refractivity contribution in [3.8, 4) is 55.6 Å². The van der Waals surface area contributed by atoms with Crippen LogP contribution < -0.4 is 4.90 Å². The molecule has 0 saturated carbocycles. The largest absolute Gasteiger partial charge is 0.310 e. The first-order chi connectivity index (χ1) is 29.8. The fourth-order valence-corrected chi connectivity index (χ4v) is 10.4. The molecule has 0 radical (unpaired) electrons. The summed E-state index contributed by atoms with van der Waals surface area (Å²) in [5.74, 6) is 0. The second kappa shape index (κ2) is 14.2. The van der Waals surface area contributed by atoms with Crippen LogP contribution >= 0.6 is 0 Å². The minimum Gasteiger partial charge on any atom is -0.310 e. The summed E-state index contributed by atoms with van der Waals surface area (Å²) in [5.41, 5.74) is 23.6. The Labute approximate surface area is 360 Å². The second-order valence-electron chi connectivity index (χ2n) is 17.5. The highest BCUT2D eigenvalue weighted by Crippen LogP contribution is 2.56. The van der Waals surface area contributed by atoms with Crippen molar-refractivity contribution >= 4 is 17.1 Å². The van der Waals surface area contributed by atoms with Gasteiger partial charge in [0.2, 0.25) is 0 Å². The molecule has 0 N–H and O–H groups in total. The fourth-order valence-electron chi connectivity index (χ4n) is 10.4. The first-order valence-corrected chi connectivity index (χ1v) is 21.5. The van der Waals surface area contributed by atoms with Gasteiger partial charge in [0.05, 0.1) is 5.69 Å². The van der Waals surface area contributed by atoms with Gasteiger partial charge in [0.25, 0.3) is 0 Å². The van der Waals surface area contributed by atoms with Crippen LogP contribution in [0.1, 0.15) is 54.2 Å². The van der Waals surface area contributed by atoms with E-state index in [1.165, 1.54) is 89.0 Å². The van der Waals surface area contributed by atoms with Crippen LogP contribution in [0.25, 0.3) is 55.6 Å². The van der Waals surface area contributed by atoms with Crippen LogP contribution in [0.2, 0.25) is 0 Å². The molecular formula is C60H47N. The van der Waals surface area contributed by atoms with E-state index in [0.717, 1.165) is 17.1 Å². The van der Waals surface area contributed by atoms with E-state index in [-0.39, 0.29) is 10.8 Å². The van der Waals surface area contributed by atoms with Gasteiger partial charge in [-0.2, -0.15) is 0 Å². The number of para-hydroxylation sites is 1. The number of fused-ring (bicyclic) bond motifs is 6. The number of aryl methyl sites for hydroxylation is 1. The summed E-state index contributed by atoms with van der Waals surface area (Å²) in [6.07, 6.45) is 0. The standard InChI is InChI=1S/C60H47N/c1-40-26-31-45(32-27-40)60(4)54-24-15-22-49(58(54)52-36-30-44(38-56(52)60)41-16-7-5-8-17-41)43-28-33-46(34-29-43)61(57-25-14-12-20-48(57)42-18-9-6-10-19-42)47-35-37-51-50-21-11-13-23-53(50)59(2,3)55(51)39-47/h5-39H,1-4H3. The Kier molecular flexibility index (Phi) is 8.58. The lowest BCUT2D eigenvalue weighted by molar-refractivity contribution is 0.660. The molecule has 292 valence electrons. The molecule has 11 rings (SSSR count). The Morgan fingerprint density at radius 2 is 0.902 bits per heavy atom. The quantitative estimate of drug-likeness (QED) is 0.156. The number of benzene rings is 9. The predicted octanol–water partition coefficient (Wildman–Crippen LogP) is 16.1. The van der Waals surface area contributed by atoms with Crippen molar-refractivity contribution in [2.45, 2.75) is 38.5 Å². The topological polar surface area (TPSA) is 3.24 Å². The van der Waals surface area contributed by atoms with Crippen LogP contribution in [-0.2, 0) is 10.8 Å². The van der Waals surface area contributed by atoms with Crippen LogP contribution in [0.5, 0.6) is 0 Å². The summed E-state index contributed by atoms with van der Waals surface area (Å²) in [4.78, 5) is 2.45. The van der Waals surface area contributed by atoms with Gasteiger partial charge in [0, 0.05) is 27.8 Å². The highest BCUT2D eigenvalue weighted by Gasteiger charge is 2.42. The molecule has 0 fully saturated rings. The molecule has 2 aliphatic carbocycles. The minimum absolute atomic E-state index is 0.116. The Bertz CT molecular complexity index is 3100. The fraction of sp³-hybridized carbons (Fsp3) is 0.100. The molecule has 0 aliphatic heterocycles. The van der Waals surface area contributed by atoms with Crippen LogP contribution in [-0.4, -0.2) is 0 Å². The maximum absolute atomic E-state index is 2.45. The Hall–Kier alpha value is -7.22. The van der Waals surface area contributed by atoms with Gasteiger partial charge < -0.3 is 4.90 Å². The van der Waals surface area contributed by atoms with Crippen molar-refractivity contribution < 1.29 is 0 Å². The molecule has 0 amide bonds. The molecule has 0 heterocycles. The lowest BCUT2D eigenvalue weighted by atomic mass is 9.73. The van der Waals surface area contributed by atoms with Crippen LogP contribution in [0.4, 0.5) is 17.1 Å². The molecular weight excluding hydrogens is 735 g/mol. The maximum atomic E-state index is 2.45. The third kappa shape index (κ3) is 5.83. The summed E-state index contributed by atoms with van der Waals surface area (Å²) >= 11 is 0. The van der Waals surface area contributed by atoms with Crippen LogP contribution in [0.15, 0.2) is 212 Å². The summed E-state index contributed by atoms with van der Waals surface area (Å²) in [6.45, 7) is 9.31. The van der Waals surface area contributed by atoms with Gasteiger partial charge in [-0.3, -0.25) is 0 Å². The molecule has 1 unspecified atom stereocenters. The SMILES string of the molecule is Cc1ccc(C2(C)c3cc(-c4ccccc4)ccc3-c3c(-c4ccc(N(c5ccc6c(c5)C(C)(C)c5ccccc5-6)c5ccccc5-c5ccccc5)cc4)cccc32)cc1. The van der Waals surface area contributed by atoms with E-state index in [9.17, 15) is 0 Å². The zero-order chi connectivity index (χ0) is 41.3. The lowest BCUT2D eigenvalue weighted by Gasteiger charge is -2.30. The summed E-state index contributed by atoms with van der Waals surface area (Å²) in [7, 11) is 0. The smallest absolute Gasteiger partial charge is 0.0540 e. The van der Waals surface area contributed by atoms with Crippen LogP contribution in [0, 0.1) is 6.92 Å². The van der Waals surface area contributed by atoms with Crippen molar-refractivity contribution in [1.82, 2.24) is 0 Å². The van der Waals surface area contributed by atoms with E-state index in [0.29, 0.717) is 0 Å². The molecule has 61 heavy (non-hydrogen) atoms. The van der Waals surface area contributed by atoms with Crippen molar-refractivity contribution in [3.63, 3.8) is 0 Å². The van der Waals surface area contributed by atoms with E-state index < -0.39 is 0 Å². The van der Waals surface area contributed by atoms with Crippen molar-refractivity contribution in [3.05, 3.63) is 246 Å². The molecule has 0 bridgehead atoms. The van der Waals surface area contributed by atoms with Gasteiger partial charge in [-0.1, -0.05) is 195 Å². The number of hydrogen-bond acceptors (Lipinski definition) is 1. The number of anilines is 3. The van der Waals surface area contributed by atoms with Gasteiger partial charge in [-0.25, -0.2) is 0 Å². The molecule has 0 aromatic heterocycles. The normalized spacial score (nSPS) is 15.4. The van der Waals surface area contributed by atoms with Gasteiger partial charge in [0.15, 0.2) is 0 Å². The first kappa shape index (κ1) is 36.8. The first-order valence-electron chi connectivity index (χ1n) is 21.5. The van der Waals surface area contributed by atoms with E-state index in [1.54, 1.807) is 0 Å². The Morgan fingerprint density at radius 3 is 1.66 bits per heavy atom. The summed E-state index contributed by atoms with van der Waals surface area (Å²) in [6, 6.07) is 78.8. The molecule has 0 spiro atoms. The van der Waals surface area contributed by atoms with Gasteiger partial charge in [-0.05, 0) is 128 Å². The molecule has 0 saturated heterocycles. The third-order valence-corrected chi connectivity index (χ3v) is 13.7. The summed E-state index contributed by atoms with van der Waals surface area (Å²) < 4.78 is 0. The van der Waals surface area contributed by atoms with E-state index >= 15 is 0 Å². The molecule has 1 atom stereocenters. The third-order valence-electron chi connectivity index (χ3n) is 13.7. The van der Waals surface area contributed by atoms with E-state index in [4.69, 9.17) is 0 Å². The van der Waals surface area contributed by atoms with Crippen molar-refractivity contribution in [2.24, 2.45) is 0 Å². The Morgan fingerprint density at radius 1 is 0.344 bits per heavy atom. The van der Waals surface area contributed by atoms with Crippen LogP contribution in [0.3, 0.4) is 0 Å². The zero-order valence-electron chi connectivity index (χ0n) is 35.2. The van der Waals surface area contributed by atoms with Gasteiger partial charge >= 0.3 is 0 Å². The van der Waals surface area contributed by atoms with E-state index in [2.05, 4.69) is 245 Å². The van der Waals surface area contributed by atoms with Gasteiger partial charge in [0.1, 0.15) is 0 Å². The average molecular weight is 782 g/mol. The molecule has 2 aliphatic rings. The molecule has 9 aromatic carbocycles. The van der Waals surface area contributed by atoms with Crippen molar-refractivity contribution in [2.75, 3.05) is 4.90 Å². The molecule has 9 aromatic rings. The second-order valence-corrected chi connectivity index (χ2v) is 17.5. The maximum Gasteiger partial charge on any atom is 0.0540 e. The number of hydrogen-bond donors (Lipinski definition) is 0. The molecule has 1 heteroatoms.